The molecule has 0 amide bonds. The number of fused-ring (bicyclic) bond motifs is 2. The molecule has 0 radical (unpaired) electrons. The van der Waals surface area contributed by atoms with Crippen LogP contribution in [0.25, 0.3) is 10.2 Å². The van der Waals surface area contributed by atoms with Gasteiger partial charge >= 0.3 is 0 Å². The van der Waals surface area contributed by atoms with Crippen molar-refractivity contribution in [2.75, 3.05) is 6.54 Å². The fourth-order valence-corrected chi connectivity index (χ4v) is 5.72. The van der Waals surface area contributed by atoms with E-state index in [0.29, 0.717) is 0 Å². The van der Waals surface area contributed by atoms with E-state index in [4.69, 9.17) is 9.97 Å². The van der Waals surface area contributed by atoms with Crippen molar-refractivity contribution in [2.24, 2.45) is 0 Å². The molecule has 5 rings (SSSR count). The predicted molar refractivity (Wildman–Crippen MR) is 104 cm³/mol. The van der Waals surface area contributed by atoms with E-state index in [1.807, 2.05) is 24.5 Å². The SMILES string of the molecule is Cc1nc(CN2CCc3[nH]ncc3C2)c2cc(C3CCCCC3)sc2n1. The zero-order chi connectivity index (χ0) is 17.5. The van der Waals surface area contributed by atoms with Gasteiger partial charge in [0.2, 0.25) is 0 Å². The molecule has 4 heterocycles. The van der Waals surface area contributed by atoms with Gasteiger partial charge in [-0.1, -0.05) is 19.3 Å². The summed E-state index contributed by atoms with van der Waals surface area (Å²) in [6.45, 7) is 4.92. The van der Waals surface area contributed by atoms with Crippen LogP contribution in [0.4, 0.5) is 0 Å². The fourth-order valence-electron chi connectivity index (χ4n) is 4.45. The average Bonchev–Trinajstić information content (AvgIpc) is 3.28. The number of aromatic nitrogens is 4. The van der Waals surface area contributed by atoms with E-state index < -0.39 is 0 Å². The van der Waals surface area contributed by atoms with Crippen molar-refractivity contribution in [1.29, 1.82) is 0 Å². The van der Waals surface area contributed by atoms with E-state index in [1.54, 1.807) is 0 Å². The van der Waals surface area contributed by atoms with Crippen LogP contribution in [0.15, 0.2) is 12.3 Å². The van der Waals surface area contributed by atoms with Gasteiger partial charge in [-0.05, 0) is 31.7 Å². The third-order valence-electron chi connectivity index (χ3n) is 5.86. The first-order valence-electron chi connectivity index (χ1n) is 9.77. The summed E-state index contributed by atoms with van der Waals surface area (Å²) in [6, 6.07) is 2.40. The molecule has 3 aromatic rings. The summed E-state index contributed by atoms with van der Waals surface area (Å²) in [5.74, 6) is 1.63. The molecule has 0 spiro atoms. The van der Waals surface area contributed by atoms with Crippen molar-refractivity contribution in [2.45, 2.75) is 64.5 Å². The predicted octanol–water partition coefficient (Wildman–Crippen LogP) is 4.33. The van der Waals surface area contributed by atoms with E-state index in [9.17, 15) is 0 Å². The van der Waals surface area contributed by atoms with Crippen molar-refractivity contribution >= 4 is 21.6 Å². The molecule has 2 aliphatic rings. The third-order valence-corrected chi connectivity index (χ3v) is 7.05. The van der Waals surface area contributed by atoms with E-state index in [-0.39, 0.29) is 0 Å². The Balaban J connectivity index is 1.44. The number of thiophene rings is 1. The van der Waals surface area contributed by atoms with Gasteiger partial charge in [-0.25, -0.2) is 9.97 Å². The summed E-state index contributed by atoms with van der Waals surface area (Å²) in [4.78, 5) is 14.8. The molecule has 1 fully saturated rings. The first-order valence-corrected chi connectivity index (χ1v) is 10.6. The van der Waals surface area contributed by atoms with Crippen LogP contribution in [0, 0.1) is 6.92 Å². The second-order valence-electron chi connectivity index (χ2n) is 7.75. The van der Waals surface area contributed by atoms with Crippen LogP contribution in [0.1, 0.15) is 65.7 Å². The van der Waals surface area contributed by atoms with Crippen LogP contribution in [-0.2, 0) is 19.5 Å². The monoisotopic (exact) mass is 367 g/mol. The van der Waals surface area contributed by atoms with Crippen LogP contribution >= 0.6 is 11.3 Å². The van der Waals surface area contributed by atoms with E-state index >= 15 is 0 Å². The summed E-state index contributed by atoms with van der Waals surface area (Å²) >= 11 is 1.90. The number of aromatic amines is 1. The molecule has 26 heavy (non-hydrogen) atoms. The lowest BCUT2D eigenvalue weighted by molar-refractivity contribution is 0.242. The molecule has 0 aromatic carbocycles. The van der Waals surface area contributed by atoms with Gasteiger partial charge in [-0.2, -0.15) is 5.10 Å². The number of H-pyrrole nitrogens is 1. The second-order valence-corrected chi connectivity index (χ2v) is 8.82. The zero-order valence-corrected chi connectivity index (χ0v) is 16.1. The standard InChI is InChI=1S/C20H25N5S/c1-13-22-18(12-25-8-7-17-15(11-25)10-21-24-17)16-9-19(26-20(16)23-13)14-5-3-2-4-6-14/h9-10,14H,2-8,11-12H2,1H3,(H,21,24). The molecule has 3 aromatic heterocycles. The Morgan fingerprint density at radius 2 is 2.12 bits per heavy atom. The Morgan fingerprint density at radius 3 is 3.00 bits per heavy atom. The maximum Gasteiger partial charge on any atom is 0.127 e. The van der Waals surface area contributed by atoms with E-state index in [2.05, 4.69) is 21.2 Å². The molecule has 0 atom stereocenters. The molecule has 1 aliphatic heterocycles. The van der Waals surface area contributed by atoms with Gasteiger partial charge in [0, 0.05) is 47.6 Å². The molecule has 6 heteroatoms. The lowest BCUT2D eigenvalue weighted by Gasteiger charge is -2.26. The lowest BCUT2D eigenvalue weighted by Crippen LogP contribution is -2.30. The first-order chi connectivity index (χ1) is 12.8. The van der Waals surface area contributed by atoms with Crippen molar-refractivity contribution in [1.82, 2.24) is 25.1 Å². The summed E-state index contributed by atoms with van der Waals surface area (Å²) in [7, 11) is 0. The zero-order valence-electron chi connectivity index (χ0n) is 15.3. The highest BCUT2D eigenvalue weighted by molar-refractivity contribution is 7.18. The van der Waals surface area contributed by atoms with Crippen molar-refractivity contribution in [3.8, 4) is 0 Å². The van der Waals surface area contributed by atoms with Crippen molar-refractivity contribution in [3.05, 3.63) is 39.9 Å². The molecule has 1 aliphatic carbocycles. The molecule has 136 valence electrons. The van der Waals surface area contributed by atoms with Crippen LogP contribution in [0.3, 0.4) is 0 Å². The highest BCUT2D eigenvalue weighted by Crippen LogP contribution is 2.39. The summed E-state index contributed by atoms with van der Waals surface area (Å²) in [5.41, 5.74) is 3.81. The number of nitrogens with zero attached hydrogens (tertiary/aromatic N) is 4. The van der Waals surface area contributed by atoms with Crippen LogP contribution in [0.5, 0.6) is 0 Å². The minimum atomic E-state index is 0.736. The highest BCUT2D eigenvalue weighted by atomic mass is 32.1. The maximum absolute atomic E-state index is 4.83. The van der Waals surface area contributed by atoms with Crippen molar-refractivity contribution < 1.29 is 0 Å². The first kappa shape index (κ1) is 16.4. The Labute approximate surface area is 157 Å². The van der Waals surface area contributed by atoms with Crippen molar-refractivity contribution in [3.63, 3.8) is 0 Å². The van der Waals surface area contributed by atoms with Gasteiger partial charge in [0.05, 0.1) is 11.9 Å². The normalized spacial score (nSPS) is 19.1. The molecular formula is C20H25N5S. The van der Waals surface area contributed by atoms with E-state index in [1.165, 1.54) is 64.1 Å². The Hall–Kier alpha value is -1.79. The quantitative estimate of drug-likeness (QED) is 0.749. The molecule has 1 N–H and O–H groups in total. The molecule has 5 nitrogen and oxygen atoms in total. The van der Waals surface area contributed by atoms with E-state index in [0.717, 1.165) is 37.8 Å². The Bertz CT molecular complexity index is 922. The summed E-state index contributed by atoms with van der Waals surface area (Å²) in [6.07, 6.45) is 9.83. The molecular weight excluding hydrogens is 342 g/mol. The van der Waals surface area contributed by atoms with Crippen LogP contribution in [-0.4, -0.2) is 31.6 Å². The van der Waals surface area contributed by atoms with Gasteiger partial charge in [0.1, 0.15) is 10.7 Å². The number of hydrogen-bond acceptors (Lipinski definition) is 5. The average molecular weight is 368 g/mol. The Morgan fingerprint density at radius 1 is 1.23 bits per heavy atom. The third kappa shape index (κ3) is 3.05. The number of hydrogen-bond donors (Lipinski definition) is 1. The lowest BCUT2D eigenvalue weighted by atomic mass is 9.88. The fraction of sp³-hybridized carbons (Fsp3) is 0.550. The minimum absolute atomic E-state index is 0.736. The maximum atomic E-state index is 4.83. The molecule has 0 saturated heterocycles. The molecule has 1 saturated carbocycles. The van der Waals surface area contributed by atoms with Gasteiger partial charge in [-0.3, -0.25) is 10.00 Å². The second kappa shape index (κ2) is 6.74. The van der Waals surface area contributed by atoms with Gasteiger partial charge in [-0.15, -0.1) is 11.3 Å². The minimum Gasteiger partial charge on any atom is -0.293 e. The summed E-state index contributed by atoms with van der Waals surface area (Å²) < 4.78 is 0. The number of aryl methyl sites for hydroxylation is 1. The molecule has 0 unspecified atom stereocenters. The largest absolute Gasteiger partial charge is 0.293 e. The van der Waals surface area contributed by atoms with Crippen LogP contribution in [0.2, 0.25) is 0 Å². The highest BCUT2D eigenvalue weighted by Gasteiger charge is 2.22. The molecule has 0 bridgehead atoms. The van der Waals surface area contributed by atoms with Gasteiger partial charge in [0.25, 0.3) is 0 Å². The van der Waals surface area contributed by atoms with Gasteiger partial charge < -0.3 is 0 Å². The summed E-state index contributed by atoms with van der Waals surface area (Å²) in [5, 5.41) is 8.59. The van der Waals surface area contributed by atoms with Gasteiger partial charge in [0.15, 0.2) is 0 Å². The Kier molecular flexibility index (Phi) is 4.25. The topological polar surface area (TPSA) is 57.7 Å². The number of rotatable bonds is 3. The smallest absolute Gasteiger partial charge is 0.127 e. The number of nitrogens with one attached hydrogen (secondary N) is 1. The van der Waals surface area contributed by atoms with Crippen LogP contribution < -0.4 is 0 Å².